The number of anilines is 1. The van der Waals surface area contributed by atoms with Crippen LogP contribution in [0.5, 0.6) is 0 Å². The second kappa shape index (κ2) is 8.40. The van der Waals surface area contributed by atoms with Crippen LogP contribution in [0, 0.1) is 11.3 Å². The highest BCUT2D eigenvalue weighted by Gasteiger charge is 2.42. The van der Waals surface area contributed by atoms with Crippen molar-refractivity contribution in [3.8, 4) is 0 Å². The van der Waals surface area contributed by atoms with E-state index in [-0.39, 0.29) is 5.92 Å². The molecule has 5 nitrogen and oxygen atoms in total. The first-order chi connectivity index (χ1) is 13.6. The molecule has 3 saturated heterocycles. The van der Waals surface area contributed by atoms with Crippen molar-refractivity contribution in [2.24, 2.45) is 11.3 Å². The van der Waals surface area contributed by atoms with Crippen molar-refractivity contribution in [3.05, 3.63) is 24.5 Å². The third-order valence-corrected chi connectivity index (χ3v) is 7.69. The van der Waals surface area contributed by atoms with Gasteiger partial charge < -0.3 is 14.7 Å². The second-order valence-corrected chi connectivity index (χ2v) is 9.27. The molecule has 5 heteroatoms. The Labute approximate surface area is 170 Å². The van der Waals surface area contributed by atoms with Gasteiger partial charge in [0.2, 0.25) is 5.91 Å². The fraction of sp³-hybridized carbons (Fsp3) is 0.739. The van der Waals surface area contributed by atoms with Crippen LogP contribution >= 0.6 is 0 Å². The molecule has 0 bridgehead atoms. The summed E-state index contributed by atoms with van der Waals surface area (Å²) in [5.74, 6) is 0.689. The van der Waals surface area contributed by atoms with Gasteiger partial charge in [0.1, 0.15) is 0 Å². The lowest BCUT2D eigenvalue weighted by Gasteiger charge is -2.42. The molecule has 0 saturated carbocycles. The fourth-order valence-corrected chi connectivity index (χ4v) is 5.42. The van der Waals surface area contributed by atoms with Crippen molar-refractivity contribution in [1.82, 2.24) is 14.8 Å². The van der Waals surface area contributed by atoms with E-state index in [9.17, 15) is 4.79 Å². The largest absolute Gasteiger partial charge is 0.371 e. The molecule has 1 spiro atoms. The average molecular weight is 385 g/mol. The summed E-state index contributed by atoms with van der Waals surface area (Å²) in [4.78, 5) is 24.5. The summed E-state index contributed by atoms with van der Waals surface area (Å²) in [6, 6.07) is 4.88. The van der Waals surface area contributed by atoms with Crippen LogP contribution < -0.4 is 4.90 Å². The van der Waals surface area contributed by atoms with Crippen molar-refractivity contribution in [1.29, 1.82) is 0 Å². The zero-order chi connectivity index (χ0) is 19.6. The molecule has 0 aliphatic carbocycles. The molecule has 1 amide bonds. The first kappa shape index (κ1) is 19.7. The summed E-state index contributed by atoms with van der Waals surface area (Å²) in [5, 5.41) is 0. The van der Waals surface area contributed by atoms with Crippen LogP contribution in [-0.2, 0) is 4.79 Å². The Balaban J connectivity index is 1.27. The summed E-state index contributed by atoms with van der Waals surface area (Å²) in [6.45, 7) is 10.9. The van der Waals surface area contributed by atoms with Crippen LogP contribution in [-0.4, -0.2) is 66.0 Å². The van der Waals surface area contributed by atoms with Gasteiger partial charge >= 0.3 is 0 Å². The topological polar surface area (TPSA) is 39.7 Å². The van der Waals surface area contributed by atoms with E-state index in [1.165, 1.54) is 18.5 Å². The molecule has 28 heavy (non-hydrogen) atoms. The standard InChI is InChI=1S/C23H36N4O/c1-3-19(2)25-13-6-20(7-14-25)22(28)26-15-8-23(9-16-26)10-17-27(18-23)21-4-11-24-12-5-21/h4-5,11-12,19-20H,3,6-10,13-18H2,1-2H3. The smallest absolute Gasteiger partial charge is 0.225 e. The van der Waals surface area contributed by atoms with Crippen LogP contribution in [0.3, 0.4) is 0 Å². The van der Waals surface area contributed by atoms with Crippen LogP contribution in [0.4, 0.5) is 5.69 Å². The summed E-state index contributed by atoms with van der Waals surface area (Å²) >= 11 is 0. The van der Waals surface area contributed by atoms with E-state index in [2.05, 4.69) is 45.7 Å². The van der Waals surface area contributed by atoms with E-state index in [1.807, 2.05) is 12.4 Å². The van der Waals surface area contributed by atoms with Gasteiger partial charge in [-0.3, -0.25) is 9.78 Å². The van der Waals surface area contributed by atoms with Crippen molar-refractivity contribution >= 4 is 11.6 Å². The maximum absolute atomic E-state index is 13.1. The van der Waals surface area contributed by atoms with Crippen LogP contribution in [0.25, 0.3) is 0 Å². The number of pyridine rings is 1. The Morgan fingerprint density at radius 1 is 1.11 bits per heavy atom. The summed E-state index contributed by atoms with van der Waals surface area (Å²) in [7, 11) is 0. The van der Waals surface area contributed by atoms with E-state index in [0.717, 1.165) is 65.0 Å². The molecule has 0 radical (unpaired) electrons. The molecule has 1 atom stereocenters. The number of piperidine rings is 2. The van der Waals surface area contributed by atoms with Crippen molar-refractivity contribution in [2.75, 3.05) is 44.2 Å². The predicted octanol–water partition coefficient (Wildman–Crippen LogP) is 3.41. The number of nitrogens with zero attached hydrogens (tertiary/aromatic N) is 4. The highest BCUT2D eigenvalue weighted by Crippen LogP contribution is 2.42. The van der Waals surface area contributed by atoms with Gasteiger partial charge in [-0.15, -0.1) is 0 Å². The van der Waals surface area contributed by atoms with Gasteiger partial charge in [0, 0.05) is 56.2 Å². The Kier molecular flexibility index (Phi) is 5.91. The molecule has 1 unspecified atom stereocenters. The van der Waals surface area contributed by atoms with Gasteiger partial charge in [0.25, 0.3) is 0 Å². The van der Waals surface area contributed by atoms with E-state index in [1.54, 1.807) is 0 Å². The molecule has 3 aliphatic heterocycles. The van der Waals surface area contributed by atoms with Gasteiger partial charge in [-0.2, -0.15) is 0 Å². The molecule has 1 aromatic heterocycles. The highest BCUT2D eigenvalue weighted by molar-refractivity contribution is 5.79. The van der Waals surface area contributed by atoms with Crippen LogP contribution in [0.2, 0.25) is 0 Å². The lowest BCUT2D eigenvalue weighted by Crippen LogP contribution is -2.49. The number of amides is 1. The normalized spacial score (nSPS) is 24.6. The second-order valence-electron chi connectivity index (χ2n) is 9.27. The summed E-state index contributed by atoms with van der Waals surface area (Å²) in [5.41, 5.74) is 1.69. The molecule has 0 aromatic carbocycles. The monoisotopic (exact) mass is 384 g/mol. The third kappa shape index (κ3) is 4.05. The minimum absolute atomic E-state index is 0.256. The summed E-state index contributed by atoms with van der Waals surface area (Å²) < 4.78 is 0. The maximum Gasteiger partial charge on any atom is 0.225 e. The summed E-state index contributed by atoms with van der Waals surface area (Å²) in [6.07, 6.45) is 10.6. The van der Waals surface area contributed by atoms with Crippen LogP contribution in [0.15, 0.2) is 24.5 Å². The van der Waals surface area contributed by atoms with Gasteiger partial charge in [0.15, 0.2) is 0 Å². The first-order valence-corrected chi connectivity index (χ1v) is 11.3. The third-order valence-electron chi connectivity index (χ3n) is 7.69. The molecule has 4 heterocycles. The van der Waals surface area contributed by atoms with Crippen LogP contribution in [0.1, 0.15) is 52.4 Å². The van der Waals surface area contributed by atoms with Gasteiger partial charge in [-0.25, -0.2) is 0 Å². The minimum Gasteiger partial charge on any atom is -0.371 e. The predicted molar refractivity (Wildman–Crippen MR) is 113 cm³/mol. The molecule has 3 aliphatic rings. The first-order valence-electron chi connectivity index (χ1n) is 11.3. The minimum atomic E-state index is 0.256. The Bertz CT molecular complexity index is 648. The number of aromatic nitrogens is 1. The number of hydrogen-bond donors (Lipinski definition) is 0. The lowest BCUT2D eigenvalue weighted by molar-refractivity contribution is -0.139. The average Bonchev–Trinajstić information content (AvgIpc) is 3.17. The van der Waals surface area contributed by atoms with E-state index < -0.39 is 0 Å². The fourth-order valence-electron chi connectivity index (χ4n) is 5.42. The molecule has 3 fully saturated rings. The van der Waals surface area contributed by atoms with Gasteiger partial charge in [-0.1, -0.05) is 6.92 Å². The number of carbonyl (C=O) groups is 1. The zero-order valence-electron chi connectivity index (χ0n) is 17.6. The zero-order valence-corrected chi connectivity index (χ0v) is 17.6. The maximum atomic E-state index is 13.1. The quantitative estimate of drug-likeness (QED) is 0.798. The molecule has 1 aromatic rings. The van der Waals surface area contributed by atoms with Gasteiger partial charge in [0.05, 0.1) is 0 Å². The highest BCUT2D eigenvalue weighted by atomic mass is 16.2. The molecule has 4 rings (SSSR count). The van der Waals surface area contributed by atoms with E-state index in [4.69, 9.17) is 0 Å². The number of likely N-dealkylation sites (tertiary alicyclic amines) is 2. The Morgan fingerprint density at radius 2 is 1.75 bits per heavy atom. The van der Waals surface area contributed by atoms with E-state index >= 15 is 0 Å². The molecule has 154 valence electrons. The molecular formula is C23H36N4O. The number of carbonyl (C=O) groups excluding carboxylic acids is 1. The van der Waals surface area contributed by atoms with E-state index in [0.29, 0.717) is 17.4 Å². The number of rotatable bonds is 4. The number of hydrogen-bond acceptors (Lipinski definition) is 4. The Hall–Kier alpha value is -1.62. The molecule has 0 N–H and O–H groups in total. The molecular weight excluding hydrogens is 348 g/mol. The van der Waals surface area contributed by atoms with Gasteiger partial charge in [-0.05, 0) is 76.1 Å². The van der Waals surface area contributed by atoms with Crippen molar-refractivity contribution in [3.63, 3.8) is 0 Å². The van der Waals surface area contributed by atoms with Crippen molar-refractivity contribution < 1.29 is 4.79 Å². The lowest BCUT2D eigenvalue weighted by atomic mass is 9.77. The van der Waals surface area contributed by atoms with Crippen molar-refractivity contribution in [2.45, 2.75) is 58.4 Å². The Morgan fingerprint density at radius 3 is 2.39 bits per heavy atom. The SMILES string of the molecule is CCC(C)N1CCC(C(=O)N2CCC3(CC2)CCN(c2ccncc2)C3)CC1.